The summed E-state index contributed by atoms with van der Waals surface area (Å²) in [6, 6.07) is 29.0. The van der Waals surface area contributed by atoms with Gasteiger partial charge in [-0.2, -0.15) is 0 Å². The Balaban J connectivity index is 1.17. The summed E-state index contributed by atoms with van der Waals surface area (Å²) in [4.78, 5) is 18.2. The smallest absolute Gasteiger partial charge is 0.147 e. The molecule has 11 aromatic rings. The zero-order valence-corrected chi connectivity index (χ0v) is 24.0. The van der Waals surface area contributed by atoms with Crippen molar-refractivity contribution in [2.24, 2.45) is 0 Å². The zero-order valence-electron chi connectivity index (χ0n) is 24.0. The molecule has 0 radical (unpaired) electrons. The quantitative estimate of drug-likeness (QED) is 0.199. The molecular weight excluding hydrogens is 572 g/mol. The van der Waals surface area contributed by atoms with Crippen LogP contribution in [-0.4, -0.2) is 29.1 Å². The highest BCUT2D eigenvalue weighted by Gasteiger charge is 2.20. The molecule has 8 heterocycles. The predicted octanol–water partition coefficient (Wildman–Crippen LogP) is 9.26. The van der Waals surface area contributed by atoms with E-state index in [0.29, 0.717) is 0 Å². The number of rotatable bonds is 2. The summed E-state index contributed by atoms with van der Waals surface area (Å²) in [5.41, 5.74) is 11.2. The molecule has 0 atom stereocenters. The van der Waals surface area contributed by atoms with Crippen LogP contribution < -0.4 is 0 Å². The SMILES string of the molecule is c1cnc2c3cnccc3n(-c3ccc4oc5c(ccc6oc7ccc(-n8c9cnccc9c9ncccc98)cc7c65)c4c3)c2c1. The molecule has 214 valence electrons. The standard InChI is InChI=1S/C38H20N6O2/c1-3-29-36(41-13-1)24-11-15-40-20-31(24)44(29)22-6-9-33-26(18-22)35-34(45-33)10-7-23-25-17-21(5-8-32(25)46-38(23)35)43-28-12-16-39-19-27(28)37-30(43)4-2-14-42-37/h1-20H. The van der Waals surface area contributed by atoms with Crippen LogP contribution in [0.15, 0.2) is 131 Å². The molecule has 0 aliphatic heterocycles. The highest BCUT2D eigenvalue weighted by atomic mass is 16.3. The maximum Gasteiger partial charge on any atom is 0.147 e. The van der Waals surface area contributed by atoms with Gasteiger partial charge in [-0.05, 0) is 84.9 Å². The van der Waals surface area contributed by atoms with Crippen molar-refractivity contribution in [3.63, 3.8) is 0 Å². The van der Waals surface area contributed by atoms with Gasteiger partial charge < -0.3 is 18.0 Å². The summed E-state index contributed by atoms with van der Waals surface area (Å²) < 4.78 is 17.5. The molecule has 8 aromatic heterocycles. The van der Waals surface area contributed by atoms with Crippen molar-refractivity contribution in [1.82, 2.24) is 29.1 Å². The lowest BCUT2D eigenvalue weighted by molar-refractivity contribution is 0.662. The molecule has 0 N–H and O–H groups in total. The van der Waals surface area contributed by atoms with Gasteiger partial charge in [-0.3, -0.25) is 19.9 Å². The molecule has 0 saturated carbocycles. The van der Waals surface area contributed by atoms with Crippen LogP contribution >= 0.6 is 0 Å². The summed E-state index contributed by atoms with van der Waals surface area (Å²) in [7, 11) is 0. The Hall–Kier alpha value is -6.54. The van der Waals surface area contributed by atoms with Crippen molar-refractivity contribution in [3.8, 4) is 11.4 Å². The van der Waals surface area contributed by atoms with E-state index in [1.807, 2.05) is 73.6 Å². The van der Waals surface area contributed by atoms with Crippen LogP contribution in [0.25, 0.3) is 99.1 Å². The van der Waals surface area contributed by atoms with Gasteiger partial charge in [-0.25, -0.2) is 0 Å². The first kappa shape index (κ1) is 23.9. The highest BCUT2D eigenvalue weighted by molar-refractivity contribution is 6.22. The molecule has 0 saturated heterocycles. The van der Waals surface area contributed by atoms with Crippen molar-refractivity contribution in [3.05, 3.63) is 122 Å². The van der Waals surface area contributed by atoms with Gasteiger partial charge >= 0.3 is 0 Å². The van der Waals surface area contributed by atoms with E-state index in [1.165, 1.54) is 0 Å². The van der Waals surface area contributed by atoms with Crippen LogP contribution in [-0.2, 0) is 0 Å². The average molecular weight is 593 g/mol. The van der Waals surface area contributed by atoms with Gasteiger partial charge in [0.05, 0.1) is 44.7 Å². The van der Waals surface area contributed by atoms with Gasteiger partial charge in [0.2, 0.25) is 0 Å². The van der Waals surface area contributed by atoms with E-state index in [-0.39, 0.29) is 0 Å². The van der Waals surface area contributed by atoms with Crippen LogP contribution in [0, 0.1) is 0 Å². The van der Waals surface area contributed by atoms with Gasteiger partial charge in [-0.15, -0.1) is 0 Å². The fraction of sp³-hybridized carbons (Fsp3) is 0. The average Bonchev–Trinajstić information content (AvgIpc) is 3.85. The molecule has 46 heavy (non-hydrogen) atoms. The Morgan fingerprint density at radius 3 is 1.96 bits per heavy atom. The second-order valence-corrected chi connectivity index (χ2v) is 11.6. The Labute approximate surface area is 258 Å². The Bertz CT molecular complexity index is 2950. The minimum absolute atomic E-state index is 0.783. The predicted molar refractivity (Wildman–Crippen MR) is 181 cm³/mol. The molecule has 0 spiro atoms. The van der Waals surface area contributed by atoms with E-state index in [2.05, 4.69) is 72.6 Å². The lowest BCUT2D eigenvalue weighted by Gasteiger charge is -2.07. The van der Waals surface area contributed by atoms with Gasteiger partial charge in [0.25, 0.3) is 0 Å². The molecule has 0 bridgehead atoms. The number of nitrogens with zero attached hydrogens (tertiary/aromatic N) is 6. The van der Waals surface area contributed by atoms with Gasteiger partial charge in [-0.1, -0.05) is 0 Å². The molecule has 0 amide bonds. The number of fused-ring (bicyclic) bond motifs is 13. The molecule has 0 fully saturated rings. The van der Waals surface area contributed by atoms with Gasteiger partial charge in [0, 0.05) is 69.3 Å². The van der Waals surface area contributed by atoms with E-state index < -0.39 is 0 Å². The Morgan fingerprint density at radius 2 is 1.13 bits per heavy atom. The highest BCUT2D eigenvalue weighted by Crippen LogP contribution is 2.41. The van der Waals surface area contributed by atoms with Gasteiger partial charge in [0.1, 0.15) is 22.3 Å². The van der Waals surface area contributed by atoms with Crippen LogP contribution in [0.2, 0.25) is 0 Å². The van der Waals surface area contributed by atoms with Crippen molar-refractivity contribution >= 4 is 87.7 Å². The second kappa shape index (κ2) is 8.55. The lowest BCUT2D eigenvalue weighted by atomic mass is 10.1. The number of furan rings is 2. The molecule has 0 unspecified atom stereocenters. The van der Waals surface area contributed by atoms with Crippen molar-refractivity contribution in [2.75, 3.05) is 0 Å². The third-order valence-corrected chi connectivity index (χ3v) is 9.20. The fourth-order valence-electron chi connectivity index (χ4n) is 7.26. The first-order valence-corrected chi connectivity index (χ1v) is 15.0. The fourth-order valence-corrected chi connectivity index (χ4v) is 7.26. The molecule has 11 rings (SSSR count). The second-order valence-electron chi connectivity index (χ2n) is 11.6. The number of benzene rings is 3. The number of pyridine rings is 4. The van der Waals surface area contributed by atoms with E-state index in [9.17, 15) is 0 Å². The minimum atomic E-state index is 0.783. The minimum Gasteiger partial charge on any atom is -0.456 e. The van der Waals surface area contributed by atoms with Crippen LogP contribution in [0.1, 0.15) is 0 Å². The van der Waals surface area contributed by atoms with E-state index >= 15 is 0 Å². The van der Waals surface area contributed by atoms with Crippen molar-refractivity contribution in [1.29, 1.82) is 0 Å². The van der Waals surface area contributed by atoms with E-state index in [0.717, 1.165) is 99.1 Å². The maximum absolute atomic E-state index is 6.63. The number of hydrogen-bond acceptors (Lipinski definition) is 6. The third-order valence-electron chi connectivity index (χ3n) is 9.20. The molecular formula is C38H20N6O2. The lowest BCUT2D eigenvalue weighted by Crippen LogP contribution is -1.93. The molecule has 8 nitrogen and oxygen atoms in total. The molecule has 3 aromatic carbocycles. The summed E-state index contributed by atoms with van der Waals surface area (Å²) in [6.45, 7) is 0. The number of aromatic nitrogens is 6. The Kier molecular flexibility index (Phi) is 4.43. The van der Waals surface area contributed by atoms with Crippen molar-refractivity contribution < 1.29 is 8.83 Å². The topological polar surface area (TPSA) is 87.7 Å². The first-order chi connectivity index (χ1) is 22.8. The van der Waals surface area contributed by atoms with E-state index in [4.69, 9.17) is 13.8 Å². The largest absolute Gasteiger partial charge is 0.456 e. The Morgan fingerprint density at radius 1 is 0.457 bits per heavy atom. The normalized spacial score (nSPS) is 12.3. The summed E-state index contributed by atoms with van der Waals surface area (Å²) >= 11 is 0. The summed E-state index contributed by atoms with van der Waals surface area (Å²) in [6.07, 6.45) is 11.1. The summed E-state index contributed by atoms with van der Waals surface area (Å²) in [5, 5.41) is 6.09. The monoisotopic (exact) mass is 592 g/mol. The number of hydrogen-bond donors (Lipinski definition) is 0. The maximum atomic E-state index is 6.63. The van der Waals surface area contributed by atoms with E-state index in [1.54, 1.807) is 0 Å². The van der Waals surface area contributed by atoms with Crippen LogP contribution in [0.5, 0.6) is 0 Å². The molecule has 0 aliphatic rings. The third kappa shape index (κ3) is 3.02. The van der Waals surface area contributed by atoms with Crippen LogP contribution in [0.3, 0.4) is 0 Å². The van der Waals surface area contributed by atoms with Gasteiger partial charge in [0.15, 0.2) is 0 Å². The molecule has 8 heteroatoms. The molecule has 0 aliphatic carbocycles. The van der Waals surface area contributed by atoms with Crippen molar-refractivity contribution in [2.45, 2.75) is 0 Å². The zero-order chi connectivity index (χ0) is 29.9. The van der Waals surface area contributed by atoms with Crippen LogP contribution in [0.4, 0.5) is 0 Å². The summed E-state index contributed by atoms with van der Waals surface area (Å²) in [5.74, 6) is 0. The first-order valence-electron chi connectivity index (χ1n) is 15.0.